The SMILES string of the molecule is Cc1ccc(S(=O)(=O)N2CC3C=C[C@@H](C)CC3C2)cc1. The number of aryl methyl sites for hydroxylation is 1. The van der Waals surface area contributed by atoms with Crippen LogP contribution in [0.25, 0.3) is 0 Å². The summed E-state index contributed by atoms with van der Waals surface area (Å²) in [6, 6.07) is 7.15. The number of allylic oxidation sites excluding steroid dienone is 1. The molecule has 0 spiro atoms. The Morgan fingerprint density at radius 2 is 1.80 bits per heavy atom. The Labute approximate surface area is 121 Å². The van der Waals surface area contributed by atoms with Crippen molar-refractivity contribution in [3.63, 3.8) is 0 Å². The summed E-state index contributed by atoms with van der Waals surface area (Å²) in [6.07, 6.45) is 5.54. The van der Waals surface area contributed by atoms with Gasteiger partial charge < -0.3 is 0 Å². The summed E-state index contributed by atoms with van der Waals surface area (Å²) in [6.45, 7) is 5.45. The number of fused-ring (bicyclic) bond motifs is 1. The van der Waals surface area contributed by atoms with E-state index in [9.17, 15) is 8.42 Å². The monoisotopic (exact) mass is 291 g/mol. The predicted molar refractivity (Wildman–Crippen MR) is 79.8 cm³/mol. The molecule has 2 aliphatic rings. The molecule has 1 aliphatic carbocycles. The lowest BCUT2D eigenvalue weighted by molar-refractivity contribution is 0.380. The van der Waals surface area contributed by atoms with Gasteiger partial charge in [-0.05, 0) is 43.2 Å². The zero-order valence-corrected chi connectivity index (χ0v) is 12.8. The molecule has 2 unspecified atom stereocenters. The zero-order chi connectivity index (χ0) is 14.3. The van der Waals surface area contributed by atoms with Gasteiger partial charge in [0.15, 0.2) is 0 Å². The van der Waals surface area contributed by atoms with E-state index in [0.717, 1.165) is 12.0 Å². The highest BCUT2D eigenvalue weighted by Crippen LogP contribution is 2.36. The molecule has 1 heterocycles. The number of benzene rings is 1. The molecule has 3 atom stereocenters. The van der Waals surface area contributed by atoms with Crippen LogP contribution < -0.4 is 0 Å². The van der Waals surface area contributed by atoms with E-state index in [1.165, 1.54) is 0 Å². The average molecular weight is 291 g/mol. The third-order valence-electron chi connectivity index (χ3n) is 4.48. The Morgan fingerprint density at radius 1 is 1.10 bits per heavy atom. The first-order chi connectivity index (χ1) is 9.46. The smallest absolute Gasteiger partial charge is 0.207 e. The van der Waals surface area contributed by atoms with Crippen LogP contribution >= 0.6 is 0 Å². The van der Waals surface area contributed by atoms with Crippen molar-refractivity contribution >= 4 is 10.0 Å². The van der Waals surface area contributed by atoms with E-state index in [2.05, 4.69) is 19.1 Å². The van der Waals surface area contributed by atoms with Crippen LogP contribution in [-0.4, -0.2) is 25.8 Å². The number of hydrogen-bond acceptors (Lipinski definition) is 2. The van der Waals surface area contributed by atoms with E-state index in [1.54, 1.807) is 16.4 Å². The van der Waals surface area contributed by atoms with Gasteiger partial charge in [-0.2, -0.15) is 4.31 Å². The van der Waals surface area contributed by atoms with Crippen LogP contribution in [0, 0.1) is 24.7 Å². The molecule has 3 rings (SSSR count). The fourth-order valence-electron chi connectivity index (χ4n) is 3.27. The van der Waals surface area contributed by atoms with Crippen LogP contribution in [0.15, 0.2) is 41.3 Å². The van der Waals surface area contributed by atoms with Gasteiger partial charge in [0, 0.05) is 13.1 Å². The first kappa shape index (κ1) is 13.8. The Hall–Kier alpha value is -1.13. The molecular weight excluding hydrogens is 270 g/mol. The summed E-state index contributed by atoms with van der Waals surface area (Å²) >= 11 is 0. The predicted octanol–water partition coefficient (Wildman–Crippen LogP) is 2.83. The molecule has 0 N–H and O–H groups in total. The van der Waals surface area contributed by atoms with Crippen molar-refractivity contribution in [1.82, 2.24) is 4.31 Å². The standard InChI is InChI=1S/C16H21NO2S/c1-12-4-7-16(8-5-12)20(18,19)17-10-14-6-3-13(2)9-15(14)11-17/h3-8,13-15H,9-11H2,1-2H3/t13-,14?,15?/m1/s1. The third kappa shape index (κ3) is 2.42. The van der Waals surface area contributed by atoms with E-state index in [4.69, 9.17) is 0 Å². The van der Waals surface area contributed by atoms with Crippen LogP contribution in [-0.2, 0) is 10.0 Å². The molecule has 1 saturated heterocycles. The fourth-order valence-corrected chi connectivity index (χ4v) is 4.80. The number of hydrogen-bond donors (Lipinski definition) is 0. The van der Waals surface area contributed by atoms with Gasteiger partial charge in [-0.3, -0.25) is 0 Å². The second kappa shape index (κ2) is 5.01. The van der Waals surface area contributed by atoms with Gasteiger partial charge in [-0.1, -0.05) is 36.8 Å². The van der Waals surface area contributed by atoms with Gasteiger partial charge in [0.2, 0.25) is 10.0 Å². The van der Waals surface area contributed by atoms with E-state index in [1.807, 2.05) is 19.1 Å². The first-order valence-electron chi connectivity index (χ1n) is 7.22. The lowest BCUT2D eigenvalue weighted by Gasteiger charge is -2.22. The van der Waals surface area contributed by atoms with Gasteiger partial charge in [0.05, 0.1) is 4.90 Å². The van der Waals surface area contributed by atoms with E-state index < -0.39 is 10.0 Å². The second-order valence-corrected chi connectivity index (χ2v) is 8.09. The summed E-state index contributed by atoms with van der Waals surface area (Å²) in [5.41, 5.74) is 1.08. The van der Waals surface area contributed by atoms with Crippen molar-refractivity contribution in [3.8, 4) is 0 Å². The highest BCUT2D eigenvalue weighted by atomic mass is 32.2. The van der Waals surface area contributed by atoms with Gasteiger partial charge >= 0.3 is 0 Å². The molecule has 4 heteroatoms. The molecule has 1 fully saturated rings. The zero-order valence-electron chi connectivity index (χ0n) is 12.0. The molecule has 1 aromatic rings. The maximum Gasteiger partial charge on any atom is 0.243 e. The normalized spacial score (nSPS) is 30.4. The van der Waals surface area contributed by atoms with Crippen molar-refractivity contribution < 1.29 is 8.42 Å². The summed E-state index contributed by atoms with van der Waals surface area (Å²) in [4.78, 5) is 0.416. The minimum Gasteiger partial charge on any atom is -0.207 e. The van der Waals surface area contributed by atoms with Crippen molar-refractivity contribution in [2.24, 2.45) is 17.8 Å². The fraction of sp³-hybridized carbons (Fsp3) is 0.500. The van der Waals surface area contributed by atoms with Gasteiger partial charge in [-0.25, -0.2) is 8.42 Å². The molecule has 0 radical (unpaired) electrons. The molecular formula is C16H21NO2S. The largest absolute Gasteiger partial charge is 0.243 e. The summed E-state index contributed by atoms with van der Waals surface area (Å²) < 4.78 is 27.0. The number of rotatable bonds is 2. The van der Waals surface area contributed by atoms with E-state index >= 15 is 0 Å². The van der Waals surface area contributed by atoms with Crippen molar-refractivity contribution in [1.29, 1.82) is 0 Å². The van der Waals surface area contributed by atoms with E-state index in [0.29, 0.717) is 35.7 Å². The van der Waals surface area contributed by atoms with Crippen LogP contribution in [0.4, 0.5) is 0 Å². The van der Waals surface area contributed by atoms with Crippen LogP contribution in [0.1, 0.15) is 18.9 Å². The highest BCUT2D eigenvalue weighted by Gasteiger charge is 2.39. The van der Waals surface area contributed by atoms with Crippen molar-refractivity contribution in [2.45, 2.75) is 25.2 Å². The van der Waals surface area contributed by atoms with Crippen LogP contribution in [0.2, 0.25) is 0 Å². The highest BCUT2D eigenvalue weighted by molar-refractivity contribution is 7.89. The lowest BCUT2D eigenvalue weighted by Crippen LogP contribution is -2.29. The lowest BCUT2D eigenvalue weighted by atomic mass is 9.82. The summed E-state index contributed by atoms with van der Waals surface area (Å²) in [5, 5.41) is 0. The second-order valence-electron chi connectivity index (χ2n) is 6.16. The molecule has 3 nitrogen and oxygen atoms in total. The van der Waals surface area contributed by atoms with Gasteiger partial charge in [0.1, 0.15) is 0 Å². The Kier molecular flexibility index (Phi) is 3.46. The maximum absolute atomic E-state index is 12.7. The average Bonchev–Trinajstić information content (AvgIpc) is 2.83. The van der Waals surface area contributed by atoms with Gasteiger partial charge in [-0.15, -0.1) is 0 Å². The summed E-state index contributed by atoms with van der Waals surface area (Å²) in [7, 11) is -3.33. The van der Waals surface area contributed by atoms with Crippen LogP contribution in [0.5, 0.6) is 0 Å². The van der Waals surface area contributed by atoms with Crippen molar-refractivity contribution in [3.05, 3.63) is 42.0 Å². The quantitative estimate of drug-likeness (QED) is 0.786. The number of nitrogens with zero attached hydrogens (tertiary/aromatic N) is 1. The molecule has 0 amide bonds. The Bertz CT molecular complexity index is 618. The molecule has 0 saturated carbocycles. The molecule has 1 aromatic carbocycles. The molecule has 0 bridgehead atoms. The minimum absolute atomic E-state index is 0.395. The summed E-state index contributed by atoms with van der Waals surface area (Å²) in [5.74, 6) is 1.44. The van der Waals surface area contributed by atoms with E-state index in [-0.39, 0.29) is 0 Å². The minimum atomic E-state index is -3.33. The molecule has 1 aliphatic heterocycles. The topological polar surface area (TPSA) is 37.4 Å². The van der Waals surface area contributed by atoms with Gasteiger partial charge in [0.25, 0.3) is 0 Å². The Balaban J connectivity index is 1.83. The molecule has 108 valence electrons. The first-order valence-corrected chi connectivity index (χ1v) is 8.66. The molecule has 0 aromatic heterocycles. The van der Waals surface area contributed by atoms with Crippen molar-refractivity contribution in [2.75, 3.05) is 13.1 Å². The molecule has 20 heavy (non-hydrogen) atoms. The number of sulfonamides is 1. The third-order valence-corrected chi connectivity index (χ3v) is 6.32. The maximum atomic E-state index is 12.7. The van der Waals surface area contributed by atoms with Crippen LogP contribution in [0.3, 0.4) is 0 Å². The Morgan fingerprint density at radius 3 is 2.50 bits per heavy atom.